The minimum Gasteiger partial charge on any atom is -0.460 e. The highest BCUT2D eigenvalue weighted by molar-refractivity contribution is 7.96. The summed E-state index contributed by atoms with van der Waals surface area (Å²) in [7, 11) is -3.64. The van der Waals surface area contributed by atoms with Gasteiger partial charge < -0.3 is 4.74 Å². The molecular weight excluding hydrogens is 362 g/mol. The molecule has 3 fully saturated rings. The van der Waals surface area contributed by atoms with E-state index in [4.69, 9.17) is 9.44 Å². The average molecular weight is 376 g/mol. The van der Waals surface area contributed by atoms with E-state index < -0.39 is 56.1 Å². The maximum atomic E-state index is 13.3. The number of hydrogen-bond acceptors (Lipinski definition) is 9. The Kier molecular flexibility index (Phi) is 4.13. The van der Waals surface area contributed by atoms with E-state index in [-0.39, 0.29) is 12.5 Å². The summed E-state index contributed by atoms with van der Waals surface area (Å²) in [5.74, 6) is -2.53. The van der Waals surface area contributed by atoms with Crippen LogP contribution in [0.5, 0.6) is 0 Å². The standard InChI is InChI=1S/C11H14F2O8S2/c1-10-2-5-7(3-10)23(16,17)19-8(5)6(10)4-18-9(14)11(12,13)22-21-20-15/h5-8,15H,2-4H2,1H3. The fraction of sp³-hybridized carbons (Fsp3) is 0.909. The first kappa shape index (κ1) is 17.3. The van der Waals surface area contributed by atoms with Crippen LogP contribution >= 0.6 is 12.0 Å². The molecule has 2 bridgehead atoms. The molecule has 8 nitrogen and oxygen atoms in total. The molecule has 12 heteroatoms. The zero-order chi connectivity index (χ0) is 17.0. The van der Waals surface area contributed by atoms with Gasteiger partial charge in [0.05, 0.1) is 18.0 Å². The molecule has 5 unspecified atom stereocenters. The van der Waals surface area contributed by atoms with Crippen molar-refractivity contribution in [2.45, 2.75) is 36.4 Å². The topological polar surface area (TPSA) is 108 Å². The summed E-state index contributed by atoms with van der Waals surface area (Å²) in [6.07, 6.45) is 0.316. The van der Waals surface area contributed by atoms with Crippen LogP contribution in [0.2, 0.25) is 0 Å². The van der Waals surface area contributed by atoms with E-state index >= 15 is 0 Å². The molecule has 1 saturated heterocycles. The van der Waals surface area contributed by atoms with Gasteiger partial charge in [0.25, 0.3) is 10.1 Å². The number of hydrogen-bond donors (Lipinski definition) is 1. The third kappa shape index (κ3) is 2.74. The summed E-state index contributed by atoms with van der Waals surface area (Å²) in [5, 5.41) is 6.22. The van der Waals surface area contributed by atoms with Crippen LogP contribution in [-0.2, 0) is 33.2 Å². The predicted octanol–water partition coefficient (Wildman–Crippen LogP) is 1.34. The second-order valence-electron chi connectivity index (χ2n) is 6.27. The Labute approximate surface area is 134 Å². The fourth-order valence-electron chi connectivity index (χ4n) is 4.01. The number of halogens is 2. The van der Waals surface area contributed by atoms with Crippen molar-refractivity contribution in [1.82, 2.24) is 0 Å². The van der Waals surface area contributed by atoms with Gasteiger partial charge in [0, 0.05) is 11.8 Å². The van der Waals surface area contributed by atoms with Crippen LogP contribution < -0.4 is 0 Å². The summed E-state index contributed by atoms with van der Waals surface area (Å²) in [5.41, 5.74) is -0.434. The SMILES string of the molecule is CC12CC3C(OS(=O)(=O)C3C1)C2COC(=O)C(F)(F)SOOO. The van der Waals surface area contributed by atoms with Gasteiger partial charge in [-0.05, 0) is 18.3 Å². The number of esters is 1. The first-order valence-electron chi connectivity index (χ1n) is 6.74. The number of alkyl halides is 2. The molecule has 3 rings (SSSR count). The monoisotopic (exact) mass is 376 g/mol. The number of ether oxygens (including phenoxy) is 1. The third-order valence-electron chi connectivity index (χ3n) is 4.98. The molecule has 0 radical (unpaired) electrons. The highest BCUT2D eigenvalue weighted by Gasteiger charge is 2.69. The normalized spacial score (nSPS) is 40.5. The van der Waals surface area contributed by atoms with Crippen LogP contribution in [0.25, 0.3) is 0 Å². The predicted molar refractivity (Wildman–Crippen MR) is 70.2 cm³/mol. The molecule has 23 heavy (non-hydrogen) atoms. The van der Waals surface area contributed by atoms with Gasteiger partial charge >= 0.3 is 11.2 Å². The maximum absolute atomic E-state index is 13.3. The Morgan fingerprint density at radius 1 is 1.48 bits per heavy atom. The van der Waals surface area contributed by atoms with Crippen molar-refractivity contribution >= 4 is 28.1 Å². The van der Waals surface area contributed by atoms with Gasteiger partial charge in [0.2, 0.25) is 0 Å². The molecule has 1 aliphatic heterocycles. The molecule has 3 aliphatic rings. The number of carbonyl (C=O) groups is 1. The summed E-state index contributed by atoms with van der Waals surface area (Å²) in [6.45, 7) is 1.47. The molecule has 132 valence electrons. The second-order valence-corrected chi connectivity index (χ2v) is 8.86. The van der Waals surface area contributed by atoms with Gasteiger partial charge in [-0.1, -0.05) is 12.0 Å². The second kappa shape index (κ2) is 5.49. The smallest absolute Gasteiger partial charge is 0.415 e. The van der Waals surface area contributed by atoms with Crippen molar-refractivity contribution < 1.29 is 45.5 Å². The number of rotatable bonds is 6. The van der Waals surface area contributed by atoms with Gasteiger partial charge in [0.1, 0.15) is 12.0 Å². The van der Waals surface area contributed by atoms with Crippen LogP contribution in [-0.4, -0.2) is 42.9 Å². The molecule has 0 aromatic heterocycles. The molecule has 0 aromatic carbocycles. The quantitative estimate of drug-likeness (QED) is 0.241. The van der Waals surface area contributed by atoms with Crippen LogP contribution in [0.1, 0.15) is 19.8 Å². The van der Waals surface area contributed by atoms with Gasteiger partial charge in [-0.15, -0.1) is 4.33 Å². The molecule has 0 amide bonds. The minimum absolute atomic E-state index is 0.185. The summed E-state index contributed by atoms with van der Waals surface area (Å²) < 4.78 is 63.7. The van der Waals surface area contributed by atoms with Crippen LogP contribution in [0.3, 0.4) is 0 Å². The van der Waals surface area contributed by atoms with Gasteiger partial charge in [-0.3, -0.25) is 4.18 Å². The average Bonchev–Trinajstić information content (AvgIpc) is 2.99. The van der Waals surface area contributed by atoms with Crippen molar-refractivity contribution in [3.05, 3.63) is 0 Å². The van der Waals surface area contributed by atoms with Crippen LogP contribution in [0.15, 0.2) is 0 Å². The summed E-state index contributed by atoms with van der Waals surface area (Å²) >= 11 is -0.709. The highest BCUT2D eigenvalue weighted by Crippen LogP contribution is 2.64. The molecule has 1 N–H and O–H groups in total. The number of carbonyl (C=O) groups excluding carboxylic acids is 1. The molecule has 2 saturated carbocycles. The largest absolute Gasteiger partial charge is 0.460 e. The van der Waals surface area contributed by atoms with Gasteiger partial charge in [0.15, 0.2) is 0 Å². The third-order valence-corrected chi connectivity index (χ3v) is 7.23. The summed E-state index contributed by atoms with van der Waals surface area (Å²) in [6, 6.07) is 0. The van der Waals surface area contributed by atoms with E-state index in [9.17, 15) is 22.0 Å². The van der Waals surface area contributed by atoms with E-state index in [0.29, 0.717) is 12.8 Å². The van der Waals surface area contributed by atoms with Gasteiger partial charge in [-0.2, -0.15) is 17.2 Å². The Hall–Kier alpha value is -0.530. The Bertz CT molecular complexity index is 611. The Morgan fingerprint density at radius 2 is 2.17 bits per heavy atom. The first-order chi connectivity index (χ1) is 10.6. The van der Waals surface area contributed by atoms with Crippen molar-refractivity contribution in [2.24, 2.45) is 17.3 Å². The van der Waals surface area contributed by atoms with E-state index in [0.717, 1.165) is 0 Å². The lowest BCUT2D eigenvalue weighted by molar-refractivity contribution is -0.433. The van der Waals surface area contributed by atoms with Crippen molar-refractivity contribution in [1.29, 1.82) is 0 Å². The van der Waals surface area contributed by atoms with Gasteiger partial charge in [-0.25, -0.2) is 10.1 Å². The van der Waals surface area contributed by atoms with Crippen molar-refractivity contribution in [2.75, 3.05) is 6.61 Å². The van der Waals surface area contributed by atoms with E-state index in [1.165, 1.54) is 0 Å². The van der Waals surface area contributed by atoms with Crippen molar-refractivity contribution in [3.63, 3.8) is 0 Å². The minimum atomic E-state index is -4.08. The molecule has 0 spiro atoms. The molecule has 2 aliphatic carbocycles. The van der Waals surface area contributed by atoms with Crippen LogP contribution in [0, 0.1) is 17.3 Å². The van der Waals surface area contributed by atoms with E-state index in [1.54, 1.807) is 0 Å². The van der Waals surface area contributed by atoms with E-state index in [1.807, 2.05) is 6.92 Å². The molecule has 5 atom stereocenters. The zero-order valence-electron chi connectivity index (χ0n) is 11.8. The maximum Gasteiger partial charge on any atom is 0.415 e. The molecular formula is C11H14F2O8S2. The first-order valence-corrected chi connectivity index (χ1v) is 8.95. The zero-order valence-corrected chi connectivity index (χ0v) is 13.4. The van der Waals surface area contributed by atoms with E-state index in [2.05, 4.69) is 14.1 Å². The Morgan fingerprint density at radius 3 is 2.83 bits per heavy atom. The lowest BCUT2D eigenvalue weighted by Crippen LogP contribution is -2.39. The Balaban J connectivity index is 1.65. The summed E-state index contributed by atoms with van der Waals surface area (Å²) in [4.78, 5) is 11.4. The lowest BCUT2D eigenvalue weighted by Gasteiger charge is -2.32. The fourth-order valence-corrected chi connectivity index (χ4v) is 6.24. The highest BCUT2D eigenvalue weighted by atomic mass is 32.2. The molecule has 1 heterocycles. The van der Waals surface area contributed by atoms with Crippen molar-refractivity contribution in [3.8, 4) is 0 Å². The molecule has 0 aromatic rings. The number of fused-ring (bicyclic) bond motifs is 1. The lowest BCUT2D eigenvalue weighted by atomic mass is 9.76. The van der Waals surface area contributed by atoms with Crippen LogP contribution in [0.4, 0.5) is 8.78 Å².